The lowest BCUT2D eigenvalue weighted by molar-refractivity contribution is 0.110. The van der Waals surface area contributed by atoms with Gasteiger partial charge in [0.15, 0.2) is 0 Å². The molecule has 0 amide bonds. The third-order valence-corrected chi connectivity index (χ3v) is 6.71. The van der Waals surface area contributed by atoms with Crippen LogP contribution in [0.1, 0.15) is 48.4 Å². The highest BCUT2D eigenvalue weighted by molar-refractivity contribution is 6.00. The van der Waals surface area contributed by atoms with Gasteiger partial charge in [0, 0.05) is 18.2 Å². The first-order valence-corrected chi connectivity index (χ1v) is 12.2. The highest BCUT2D eigenvalue weighted by Gasteiger charge is 2.32. The highest BCUT2D eigenvalue weighted by Crippen LogP contribution is 2.32. The van der Waals surface area contributed by atoms with E-state index in [4.69, 9.17) is 4.74 Å². The first-order valence-electron chi connectivity index (χ1n) is 12.2. The van der Waals surface area contributed by atoms with E-state index in [1.165, 1.54) is 11.1 Å². The molecule has 1 aliphatic rings. The van der Waals surface area contributed by atoms with Crippen molar-refractivity contribution in [2.45, 2.75) is 44.3 Å². The van der Waals surface area contributed by atoms with Gasteiger partial charge in [-0.2, -0.15) is 0 Å². The topological polar surface area (TPSA) is 57.1 Å². The van der Waals surface area contributed by atoms with Crippen LogP contribution in [0.25, 0.3) is 0 Å². The maximum atomic E-state index is 9.56. The van der Waals surface area contributed by atoms with Crippen LogP contribution in [0.5, 0.6) is 5.75 Å². The molecule has 0 unspecified atom stereocenters. The van der Waals surface area contributed by atoms with Gasteiger partial charge in [-0.15, -0.1) is 0 Å². The number of nitrogens with zero attached hydrogens (tertiary/aromatic N) is 2. The molecule has 1 fully saturated rings. The van der Waals surface area contributed by atoms with Crippen LogP contribution in [0.15, 0.2) is 90.1 Å². The summed E-state index contributed by atoms with van der Waals surface area (Å²) in [4.78, 5) is 2.60. The number of oxime groups is 1. The van der Waals surface area contributed by atoms with Gasteiger partial charge in [0.25, 0.3) is 0 Å². The zero-order chi connectivity index (χ0) is 23.6. The lowest BCUT2D eigenvalue weighted by Gasteiger charge is -2.42. The van der Waals surface area contributed by atoms with E-state index in [0.717, 1.165) is 62.3 Å². The SMILES string of the molecule is COc1ccccc1CN[C@H]1CCCN(CCC/C(=N\O)c2ccccc2)[C@H]1c1ccccc1. The van der Waals surface area contributed by atoms with Gasteiger partial charge in [0.1, 0.15) is 5.75 Å². The molecular weight excluding hydrogens is 422 g/mol. The van der Waals surface area contributed by atoms with Gasteiger partial charge in [0.2, 0.25) is 0 Å². The van der Waals surface area contributed by atoms with Gasteiger partial charge in [-0.25, -0.2) is 0 Å². The molecule has 3 aromatic rings. The Morgan fingerprint density at radius 1 is 1.00 bits per heavy atom. The van der Waals surface area contributed by atoms with Crippen molar-refractivity contribution in [3.8, 4) is 5.75 Å². The van der Waals surface area contributed by atoms with E-state index >= 15 is 0 Å². The van der Waals surface area contributed by atoms with Crippen molar-refractivity contribution in [2.24, 2.45) is 5.16 Å². The van der Waals surface area contributed by atoms with E-state index in [1.54, 1.807) is 7.11 Å². The Bertz CT molecular complexity index is 1040. The number of nitrogens with one attached hydrogen (secondary N) is 1. The largest absolute Gasteiger partial charge is 0.496 e. The Labute approximate surface area is 203 Å². The second-order valence-corrected chi connectivity index (χ2v) is 8.85. The number of piperidine rings is 1. The van der Waals surface area contributed by atoms with Crippen LogP contribution in [0, 0.1) is 0 Å². The van der Waals surface area contributed by atoms with E-state index in [2.05, 4.69) is 57.8 Å². The summed E-state index contributed by atoms with van der Waals surface area (Å²) in [6, 6.07) is 29.6. The van der Waals surface area contributed by atoms with Gasteiger partial charge < -0.3 is 15.3 Å². The van der Waals surface area contributed by atoms with Crippen molar-refractivity contribution in [1.29, 1.82) is 0 Å². The number of para-hydroxylation sites is 1. The zero-order valence-corrected chi connectivity index (χ0v) is 19.9. The van der Waals surface area contributed by atoms with Gasteiger partial charge in [-0.05, 0) is 56.0 Å². The Morgan fingerprint density at radius 2 is 1.71 bits per heavy atom. The number of ether oxygens (including phenoxy) is 1. The number of rotatable bonds is 10. The average molecular weight is 458 g/mol. The Kier molecular flexibility index (Phi) is 8.71. The molecule has 2 N–H and O–H groups in total. The van der Waals surface area contributed by atoms with Crippen LogP contribution >= 0.6 is 0 Å². The van der Waals surface area contributed by atoms with Crippen LogP contribution in [0.2, 0.25) is 0 Å². The number of methoxy groups -OCH3 is 1. The number of benzene rings is 3. The van der Waals surface area contributed by atoms with E-state index in [1.807, 2.05) is 42.5 Å². The Morgan fingerprint density at radius 3 is 2.44 bits per heavy atom. The molecule has 0 aliphatic carbocycles. The fourth-order valence-electron chi connectivity index (χ4n) is 5.05. The predicted molar refractivity (Wildman–Crippen MR) is 138 cm³/mol. The second-order valence-electron chi connectivity index (χ2n) is 8.85. The Hall–Kier alpha value is -3.15. The van der Waals surface area contributed by atoms with E-state index in [9.17, 15) is 5.21 Å². The summed E-state index contributed by atoms with van der Waals surface area (Å²) in [7, 11) is 1.73. The molecule has 0 saturated carbocycles. The molecule has 2 atom stereocenters. The summed E-state index contributed by atoms with van der Waals surface area (Å²) < 4.78 is 5.56. The van der Waals surface area contributed by atoms with Gasteiger partial charge in [0.05, 0.1) is 18.9 Å². The van der Waals surface area contributed by atoms with Gasteiger partial charge in [-0.1, -0.05) is 84.0 Å². The minimum Gasteiger partial charge on any atom is -0.496 e. The molecule has 0 aromatic heterocycles. The quantitative estimate of drug-likeness (QED) is 0.235. The van der Waals surface area contributed by atoms with Crippen LogP contribution in [-0.2, 0) is 6.54 Å². The molecule has 5 nitrogen and oxygen atoms in total. The Balaban J connectivity index is 1.45. The van der Waals surface area contributed by atoms with Gasteiger partial charge in [-0.3, -0.25) is 4.90 Å². The molecule has 4 rings (SSSR count). The monoisotopic (exact) mass is 457 g/mol. The molecule has 1 saturated heterocycles. The van der Waals surface area contributed by atoms with E-state index in [0.29, 0.717) is 12.1 Å². The van der Waals surface area contributed by atoms with Crippen LogP contribution in [0.3, 0.4) is 0 Å². The minimum absolute atomic E-state index is 0.302. The maximum Gasteiger partial charge on any atom is 0.123 e. The molecule has 1 aliphatic heterocycles. The summed E-state index contributed by atoms with van der Waals surface area (Å²) in [6.45, 7) is 2.81. The molecule has 1 heterocycles. The summed E-state index contributed by atoms with van der Waals surface area (Å²) >= 11 is 0. The molecule has 0 spiro atoms. The third-order valence-electron chi connectivity index (χ3n) is 6.71. The molecule has 178 valence electrons. The van der Waals surface area contributed by atoms with Crippen molar-refractivity contribution in [1.82, 2.24) is 10.2 Å². The number of hydrogen-bond donors (Lipinski definition) is 2. The van der Waals surface area contributed by atoms with Crippen LogP contribution in [-0.4, -0.2) is 42.1 Å². The van der Waals surface area contributed by atoms with Gasteiger partial charge >= 0.3 is 0 Å². The first-order chi connectivity index (χ1) is 16.8. The predicted octanol–water partition coefficient (Wildman–Crippen LogP) is 5.65. The van der Waals surface area contributed by atoms with Crippen molar-refractivity contribution >= 4 is 5.71 Å². The number of likely N-dealkylation sites (tertiary alicyclic amines) is 1. The summed E-state index contributed by atoms with van der Waals surface area (Å²) in [5.41, 5.74) is 4.26. The zero-order valence-electron chi connectivity index (χ0n) is 19.9. The van der Waals surface area contributed by atoms with E-state index in [-0.39, 0.29) is 0 Å². The van der Waals surface area contributed by atoms with E-state index < -0.39 is 0 Å². The fourth-order valence-corrected chi connectivity index (χ4v) is 5.05. The smallest absolute Gasteiger partial charge is 0.123 e. The molecule has 5 heteroatoms. The summed E-state index contributed by atoms with van der Waals surface area (Å²) in [5.74, 6) is 0.927. The first kappa shape index (κ1) is 24.0. The molecule has 0 radical (unpaired) electrons. The van der Waals surface area contributed by atoms with Crippen LogP contribution < -0.4 is 10.1 Å². The second kappa shape index (κ2) is 12.4. The summed E-state index contributed by atoms with van der Waals surface area (Å²) in [5, 5.41) is 17.0. The lowest BCUT2D eigenvalue weighted by atomic mass is 9.89. The summed E-state index contributed by atoms with van der Waals surface area (Å²) in [6.07, 6.45) is 3.99. The van der Waals surface area contributed by atoms with Crippen molar-refractivity contribution in [3.05, 3.63) is 102 Å². The standard InChI is InChI=1S/C29H35N3O2/c1-34-28-19-9-8-16-25(28)22-30-27-18-11-21-32(29(27)24-14-6-3-7-15-24)20-10-17-26(31-33)23-12-4-2-5-13-23/h2-9,12-16,19,27,29-30,33H,10-11,17-18,20-22H2,1H3/b31-26+/t27-,29-/m0/s1. The van der Waals surface area contributed by atoms with Crippen molar-refractivity contribution < 1.29 is 9.94 Å². The van der Waals surface area contributed by atoms with Crippen molar-refractivity contribution in [3.63, 3.8) is 0 Å². The normalized spacial score (nSPS) is 19.1. The fraction of sp³-hybridized carbons (Fsp3) is 0.345. The molecular formula is C29H35N3O2. The molecule has 34 heavy (non-hydrogen) atoms. The lowest BCUT2D eigenvalue weighted by Crippen LogP contribution is -2.48. The average Bonchev–Trinajstić information content (AvgIpc) is 2.91. The molecule has 0 bridgehead atoms. The molecule has 3 aromatic carbocycles. The van der Waals surface area contributed by atoms with Crippen molar-refractivity contribution in [2.75, 3.05) is 20.2 Å². The highest BCUT2D eigenvalue weighted by atomic mass is 16.5. The maximum absolute atomic E-state index is 9.56. The minimum atomic E-state index is 0.302. The number of hydrogen-bond acceptors (Lipinski definition) is 5. The third kappa shape index (κ3) is 6.04. The van der Waals surface area contributed by atoms with Crippen LogP contribution in [0.4, 0.5) is 0 Å².